The van der Waals surface area contributed by atoms with Crippen molar-refractivity contribution in [2.45, 2.75) is 32.6 Å². The quantitative estimate of drug-likeness (QED) is 0.280. The third-order valence-corrected chi connectivity index (χ3v) is 10.9. The third-order valence-electron chi connectivity index (χ3n) is 6.35. The maximum absolute atomic E-state index is 12.8. The SMILES string of the molecule is CC(C)c1ccc(NC(=O)CCC[P+](c2ccccc2)(c2ccccc2)c2ccccc2)cc1. The summed E-state index contributed by atoms with van der Waals surface area (Å²) in [4.78, 5) is 12.8. The summed E-state index contributed by atoms with van der Waals surface area (Å²) < 4.78 is 0. The average molecular weight is 467 g/mol. The maximum atomic E-state index is 12.8. The molecule has 0 heterocycles. The van der Waals surface area contributed by atoms with Crippen molar-refractivity contribution in [2.24, 2.45) is 0 Å². The van der Waals surface area contributed by atoms with Gasteiger partial charge in [0.05, 0.1) is 6.16 Å². The van der Waals surface area contributed by atoms with Gasteiger partial charge in [-0.25, -0.2) is 0 Å². The molecule has 0 radical (unpaired) electrons. The minimum Gasteiger partial charge on any atom is -0.326 e. The number of anilines is 1. The van der Waals surface area contributed by atoms with Crippen LogP contribution in [-0.2, 0) is 4.79 Å². The molecule has 0 aliphatic rings. The summed E-state index contributed by atoms with van der Waals surface area (Å²) in [5.74, 6) is 0.556. The molecule has 0 aromatic heterocycles. The maximum Gasteiger partial charge on any atom is 0.224 e. The highest BCUT2D eigenvalue weighted by molar-refractivity contribution is 7.95. The van der Waals surface area contributed by atoms with E-state index in [1.165, 1.54) is 21.5 Å². The fourth-order valence-electron chi connectivity index (χ4n) is 4.53. The van der Waals surface area contributed by atoms with Crippen LogP contribution < -0.4 is 21.2 Å². The van der Waals surface area contributed by atoms with Crippen molar-refractivity contribution in [1.29, 1.82) is 0 Å². The number of hydrogen-bond acceptors (Lipinski definition) is 1. The van der Waals surface area contributed by atoms with Crippen LogP contribution in [0.2, 0.25) is 0 Å². The standard InChI is InChI=1S/C31H32NOP/c1-25(2)26-20-22-27(23-21-26)32-31(33)19-12-24-34(28-13-6-3-7-14-28,29-15-8-4-9-16-29)30-17-10-5-11-18-30/h3-11,13-18,20-23,25H,12,19,24H2,1-2H3/p+1. The Morgan fingerprint density at radius 3 is 1.53 bits per heavy atom. The van der Waals surface area contributed by atoms with Crippen LogP contribution in [0.15, 0.2) is 115 Å². The lowest BCUT2D eigenvalue weighted by atomic mass is 10.0. The summed E-state index contributed by atoms with van der Waals surface area (Å²) in [5.41, 5.74) is 2.14. The molecule has 0 atom stereocenters. The Balaban J connectivity index is 1.57. The molecule has 0 spiro atoms. The Morgan fingerprint density at radius 1 is 0.676 bits per heavy atom. The molecule has 0 saturated carbocycles. The Morgan fingerprint density at radius 2 is 1.12 bits per heavy atom. The minimum absolute atomic E-state index is 0.0737. The first-order valence-corrected chi connectivity index (χ1v) is 14.0. The smallest absolute Gasteiger partial charge is 0.224 e. The summed E-state index contributed by atoms with van der Waals surface area (Å²) in [6, 6.07) is 40.7. The van der Waals surface area contributed by atoms with Gasteiger partial charge in [0.25, 0.3) is 0 Å². The fourth-order valence-corrected chi connectivity index (χ4v) is 8.88. The van der Waals surface area contributed by atoms with Crippen LogP contribution in [0.5, 0.6) is 0 Å². The minimum atomic E-state index is -1.89. The number of hydrogen-bond donors (Lipinski definition) is 1. The number of carbonyl (C=O) groups excluding carboxylic acids is 1. The van der Waals surface area contributed by atoms with Gasteiger partial charge in [0.1, 0.15) is 23.2 Å². The van der Waals surface area contributed by atoms with E-state index in [-0.39, 0.29) is 5.91 Å². The second kappa shape index (κ2) is 11.3. The lowest BCUT2D eigenvalue weighted by Crippen LogP contribution is -2.33. The predicted octanol–water partition coefficient (Wildman–Crippen LogP) is 6.52. The molecule has 0 aliphatic carbocycles. The Hall–Kier alpha value is -3.22. The summed E-state index contributed by atoms with van der Waals surface area (Å²) in [7, 11) is -1.89. The number of nitrogens with one attached hydrogen (secondary N) is 1. The van der Waals surface area contributed by atoms with Crippen molar-refractivity contribution < 1.29 is 4.79 Å². The van der Waals surface area contributed by atoms with Crippen molar-refractivity contribution in [2.75, 3.05) is 11.5 Å². The predicted molar refractivity (Wildman–Crippen MR) is 148 cm³/mol. The number of benzene rings is 4. The monoisotopic (exact) mass is 466 g/mol. The van der Waals surface area contributed by atoms with Crippen LogP contribution in [0.3, 0.4) is 0 Å². The van der Waals surface area contributed by atoms with E-state index in [0.717, 1.165) is 18.3 Å². The van der Waals surface area contributed by atoms with Crippen LogP contribution in [0.4, 0.5) is 5.69 Å². The molecule has 1 amide bonds. The molecule has 0 fully saturated rings. The summed E-state index contributed by atoms with van der Waals surface area (Å²) in [5, 5.41) is 7.16. The normalized spacial score (nSPS) is 11.4. The van der Waals surface area contributed by atoms with E-state index in [4.69, 9.17) is 0 Å². The molecule has 0 bridgehead atoms. The fraction of sp³-hybridized carbons (Fsp3) is 0.194. The number of rotatable bonds is 9. The zero-order valence-corrected chi connectivity index (χ0v) is 20.9. The van der Waals surface area contributed by atoms with E-state index >= 15 is 0 Å². The van der Waals surface area contributed by atoms with Crippen molar-refractivity contribution >= 4 is 34.8 Å². The van der Waals surface area contributed by atoms with Crippen molar-refractivity contribution in [3.05, 3.63) is 121 Å². The number of amides is 1. The van der Waals surface area contributed by atoms with E-state index in [0.29, 0.717) is 12.3 Å². The molecule has 34 heavy (non-hydrogen) atoms. The zero-order valence-electron chi connectivity index (χ0n) is 20.0. The van der Waals surface area contributed by atoms with Crippen LogP contribution in [0.25, 0.3) is 0 Å². The lowest BCUT2D eigenvalue weighted by Gasteiger charge is -2.27. The van der Waals surface area contributed by atoms with Gasteiger partial charge >= 0.3 is 0 Å². The molecule has 3 heteroatoms. The van der Waals surface area contributed by atoms with Gasteiger partial charge < -0.3 is 5.32 Å². The van der Waals surface area contributed by atoms with Gasteiger partial charge in [-0.15, -0.1) is 0 Å². The number of carbonyl (C=O) groups is 1. The summed E-state index contributed by atoms with van der Waals surface area (Å²) in [6.45, 7) is 4.35. The van der Waals surface area contributed by atoms with E-state index in [1.54, 1.807) is 0 Å². The Labute approximate surface area is 204 Å². The Kier molecular flexibility index (Phi) is 7.93. The van der Waals surface area contributed by atoms with Gasteiger partial charge in [-0.3, -0.25) is 4.79 Å². The molecule has 4 aromatic rings. The molecule has 4 rings (SSSR count). The second-order valence-electron chi connectivity index (χ2n) is 8.97. The average Bonchev–Trinajstić information content (AvgIpc) is 2.88. The molecule has 2 nitrogen and oxygen atoms in total. The van der Waals surface area contributed by atoms with Gasteiger partial charge in [0.15, 0.2) is 0 Å². The van der Waals surface area contributed by atoms with Gasteiger partial charge in [-0.2, -0.15) is 0 Å². The summed E-state index contributed by atoms with van der Waals surface area (Å²) in [6.07, 6.45) is 2.27. The second-order valence-corrected chi connectivity index (χ2v) is 12.6. The van der Waals surface area contributed by atoms with E-state index in [2.05, 4.69) is 122 Å². The van der Waals surface area contributed by atoms with Crippen LogP contribution in [0, 0.1) is 0 Å². The highest BCUT2D eigenvalue weighted by Crippen LogP contribution is 2.55. The van der Waals surface area contributed by atoms with Crippen molar-refractivity contribution in [3.8, 4) is 0 Å². The topological polar surface area (TPSA) is 29.1 Å². The first-order valence-electron chi connectivity index (χ1n) is 12.0. The molecule has 172 valence electrons. The first kappa shape index (κ1) is 23.9. The summed E-state index contributed by atoms with van der Waals surface area (Å²) >= 11 is 0. The van der Waals surface area contributed by atoms with E-state index < -0.39 is 7.26 Å². The van der Waals surface area contributed by atoms with E-state index in [9.17, 15) is 4.79 Å². The van der Waals surface area contributed by atoms with Crippen LogP contribution >= 0.6 is 7.26 Å². The molecule has 1 N–H and O–H groups in total. The van der Waals surface area contributed by atoms with Gasteiger partial charge in [0.2, 0.25) is 5.91 Å². The molecular formula is C31H33NOP+. The van der Waals surface area contributed by atoms with Crippen molar-refractivity contribution in [3.63, 3.8) is 0 Å². The third kappa shape index (κ3) is 5.46. The van der Waals surface area contributed by atoms with Gasteiger partial charge in [-0.1, -0.05) is 80.6 Å². The van der Waals surface area contributed by atoms with Crippen molar-refractivity contribution in [1.82, 2.24) is 0 Å². The molecule has 0 aliphatic heterocycles. The Bertz CT molecular complexity index is 1080. The highest BCUT2D eigenvalue weighted by Gasteiger charge is 2.44. The zero-order chi connectivity index (χ0) is 23.8. The van der Waals surface area contributed by atoms with Gasteiger partial charge in [0, 0.05) is 12.1 Å². The first-order chi connectivity index (χ1) is 16.6. The highest BCUT2D eigenvalue weighted by atomic mass is 31.2. The molecular weight excluding hydrogens is 433 g/mol. The van der Waals surface area contributed by atoms with E-state index in [1.807, 2.05) is 12.1 Å². The lowest BCUT2D eigenvalue weighted by molar-refractivity contribution is -0.116. The largest absolute Gasteiger partial charge is 0.326 e. The molecule has 0 saturated heterocycles. The molecule has 0 unspecified atom stereocenters. The molecule has 4 aromatic carbocycles. The van der Waals surface area contributed by atoms with Crippen LogP contribution in [-0.4, -0.2) is 12.1 Å². The van der Waals surface area contributed by atoms with Gasteiger partial charge in [-0.05, 0) is 66.4 Å². The van der Waals surface area contributed by atoms with Crippen LogP contribution in [0.1, 0.15) is 38.2 Å².